The van der Waals surface area contributed by atoms with Crippen LogP contribution in [0.5, 0.6) is 0 Å². The third-order valence-electron chi connectivity index (χ3n) is 17.0. The number of anilines is 8. The largest absolute Gasteiger partial charge is 0.334 e. The van der Waals surface area contributed by atoms with Crippen LogP contribution < -0.4 is 31.1 Å². The third-order valence-corrected chi connectivity index (χ3v) is 17.0. The highest BCUT2D eigenvalue weighted by Gasteiger charge is 2.58. The zero-order chi connectivity index (χ0) is 48.0. The summed E-state index contributed by atoms with van der Waals surface area (Å²) >= 11 is 0. The first-order valence-corrected chi connectivity index (χ1v) is 25.8. The zero-order valence-corrected chi connectivity index (χ0v) is 40.8. The maximum absolute atomic E-state index is 2.77. The molecule has 0 N–H and O–H groups in total. The van der Waals surface area contributed by atoms with Crippen molar-refractivity contribution < 1.29 is 0 Å². The molecule has 1 fully saturated rings. The van der Waals surface area contributed by atoms with Crippen LogP contribution in [0.1, 0.15) is 45.1 Å². The molecule has 1 saturated carbocycles. The fraction of sp³-hybridized carbons (Fsp3) is 0.118. The average Bonchev–Trinajstić information content (AvgIpc) is 3.67. The standard InChI is InChI=1S/C68H54BN3/c1-67-40-17-18-41-68(67,2)72(61-31-16-15-30-58(61)67)57-45-64-66-65(46-57)71(56-29-19-28-52(42-56)48-22-9-4-10-23-48)63-44-54(50-26-13-6-14-27-50)34-38-59(63)69(66)60-43-53(49-24-11-5-12-25-49)35-39-62(60)70(64)55-36-32-51(33-37-55)47-20-7-3-8-21-47/h3-16,19-39,42-46H,17-18,40-41H2,1-2H3. The Hall–Kier alpha value is -8.34. The summed E-state index contributed by atoms with van der Waals surface area (Å²) in [5, 5.41) is 0. The molecule has 4 heteroatoms. The van der Waals surface area contributed by atoms with Crippen molar-refractivity contribution in [1.29, 1.82) is 0 Å². The Balaban J connectivity index is 1.09. The number of para-hydroxylation sites is 1. The molecule has 2 atom stereocenters. The van der Waals surface area contributed by atoms with E-state index in [1.807, 2.05) is 0 Å². The van der Waals surface area contributed by atoms with Crippen molar-refractivity contribution in [3.63, 3.8) is 0 Å². The molecule has 0 bridgehead atoms. The van der Waals surface area contributed by atoms with Gasteiger partial charge >= 0.3 is 0 Å². The summed E-state index contributed by atoms with van der Waals surface area (Å²) in [4.78, 5) is 7.97. The zero-order valence-electron chi connectivity index (χ0n) is 40.8. The van der Waals surface area contributed by atoms with E-state index in [2.05, 4.69) is 271 Å². The maximum Gasteiger partial charge on any atom is 0.252 e. The van der Waals surface area contributed by atoms with Gasteiger partial charge in [0.25, 0.3) is 6.71 Å². The molecule has 10 aromatic rings. The van der Waals surface area contributed by atoms with Gasteiger partial charge in [-0.1, -0.05) is 208 Å². The van der Waals surface area contributed by atoms with Crippen LogP contribution in [0.4, 0.5) is 45.5 Å². The van der Waals surface area contributed by atoms with Gasteiger partial charge in [0.05, 0.1) is 5.54 Å². The summed E-state index contributed by atoms with van der Waals surface area (Å²) in [5.74, 6) is 0. The lowest BCUT2D eigenvalue weighted by Crippen LogP contribution is -2.61. The number of fused-ring (bicyclic) bond motifs is 7. The Labute approximate surface area is 424 Å². The van der Waals surface area contributed by atoms with Gasteiger partial charge in [0, 0.05) is 50.9 Å². The summed E-state index contributed by atoms with van der Waals surface area (Å²) in [7, 11) is 0. The molecular formula is C68H54BN3. The fourth-order valence-corrected chi connectivity index (χ4v) is 13.3. The highest BCUT2D eigenvalue weighted by atomic mass is 15.3. The van der Waals surface area contributed by atoms with Crippen LogP contribution in [0.3, 0.4) is 0 Å². The lowest BCUT2D eigenvalue weighted by atomic mass is 9.33. The predicted molar refractivity (Wildman–Crippen MR) is 305 cm³/mol. The third kappa shape index (κ3) is 6.51. The van der Waals surface area contributed by atoms with Gasteiger partial charge in [-0.25, -0.2) is 0 Å². The number of benzene rings is 10. The summed E-state index contributed by atoms with van der Waals surface area (Å²) in [6, 6.07) is 90.9. The topological polar surface area (TPSA) is 9.72 Å². The molecule has 3 nitrogen and oxygen atoms in total. The molecule has 1 aliphatic carbocycles. The molecule has 2 unspecified atom stereocenters. The molecule has 3 aliphatic heterocycles. The fourth-order valence-electron chi connectivity index (χ4n) is 13.3. The lowest BCUT2D eigenvalue weighted by Gasteiger charge is -2.51. The first-order chi connectivity index (χ1) is 35.4. The van der Waals surface area contributed by atoms with E-state index in [4.69, 9.17) is 0 Å². The van der Waals surface area contributed by atoms with Gasteiger partial charge in [0.1, 0.15) is 0 Å². The molecule has 10 aromatic carbocycles. The van der Waals surface area contributed by atoms with E-state index >= 15 is 0 Å². The van der Waals surface area contributed by atoms with Gasteiger partial charge in [0.15, 0.2) is 0 Å². The van der Waals surface area contributed by atoms with Gasteiger partial charge in [-0.15, -0.1) is 0 Å². The van der Waals surface area contributed by atoms with E-state index in [0.717, 1.165) is 17.8 Å². The highest BCUT2D eigenvalue weighted by molar-refractivity contribution is 7.00. The number of hydrogen-bond acceptors (Lipinski definition) is 3. The lowest BCUT2D eigenvalue weighted by molar-refractivity contribution is 0.195. The van der Waals surface area contributed by atoms with Crippen LogP contribution in [-0.4, -0.2) is 12.3 Å². The second-order valence-corrected chi connectivity index (χ2v) is 20.8. The molecule has 0 aromatic heterocycles. The minimum Gasteiger partial charge on any atom is -0.334 e. The Morgan fingerprint density at radius 1 is 0.333 bits per heavy atom. The van der Waals surface area contributed by atoms with Crippen molar-refractivity contribution in [3.05, 3.63) is 248 Å². The second-order valence-electron chi connectivity index (χ2n) is 20.8. The smallest absolute Gasteiger partial charge is 0.252 e. The van der Waals surface area contributed by atoms with E-state index in [9.17, 15) is 0 Å². The molecule has 0 spiro atoms. The van der Waals surface area contributed by atoms with E-state index in [-0.39, 0.29) is 17.7 Å². The van der Waals surface area contributed by atoms with E-state index in [1.165, 1.54) is 120 Å². The first kappa shape index (κ1) is 42.5. The molecular weight excluding hydrogens is 870 g/mol. The van der Waals surface area contributed by atoms with Gasteiger partial charge in [0.2, 0.25) is 0 Å². The number of nitrogens with zero attached hydrogens (tertiary/aromatic N) is 3. The number of hydrogen-bond donors (Lipinski definition) is 0. The Bertz CT molecular complexity index is 3690. The van der Waals surface area contributed by atoms with Gasteiger partial charge < -0.3 is 14.7 Å². The molecule has 344 valence electrons. The first-order valence-electron chi connectivity index (χ1n) is 25.8. The number of rotatable bonds is 7. The Kier molecular flexibility index (Phi) is 9.83. The normalized spacial score (nSPS) is 18.2. The van der Waals surface area contributed by atoms with Crippen molar-refractivity contribution in [2.75, 3.05) is 14.7 Å². The van der Waals surface area contributed by atoms with Crippen molar-refractivity contribution in [1.82, 2.24) is 0 Å². The molecule has 72 heavy (non-hydrogen) atoms. The molecule has 4 aliphatic rings. The molecule has 14 rings (SSSR count). The van der Waals surface area contributed by atoms with Crippen molar-refractivity contribution >= 4 is 68.6 Å². The predicted octanol–water partition coefficient (Wildman–Crippen LogP) is 16.2. The SMILES string of the molecule is CC12CCCCC1(C)N(c1cc3c4c(c1)N(c1cccc(-c5ccccc5)c1)c1cc(-c5ccccc5)ccc1B4c1cc(-c4ccccc4)ccc1N3c1ccc(-c3ccccc3)cc1)c1ccccc12. The Morgan fingerprint density at radius 2 is 0.833 bits per heavy atom. The van der Waals surface area contributed by atoms with Crippen LogP contribution in [0, 0.1) is 0 Å². The molecule has 0 radical (unpaired) electrons. The minimum atomic E-state index is -0.139. The van der Waals surface area contributed by atoms with Gasteiger partial charge in [-0.05, 0) is 141 Å². The highest BCUT2D eigenvalue weighted by Crippen LogP contribution is 2.61. The maximum atomic E-state index is 2.77. The monoisotopic (exact) mass is 923 g/mol. The van der Waals surface area contributed by atoms with Crippen molar-refractivity contribution in [2.45, 2.75) is 50.5 Å². The molecule has 3 heterocycles. The van der Waals surface area contributed by atoms with Gasteiger partial charge in [-0.3, -0.25) is 0 Å². The second kappa shape index (κ2) is 16.6. The van der Waals surface area contributed by atoms with E-state index in [0.29, 0.717) is 0 Å². The Morgan fingerprint density at radius 3 is 1.49 bits per heavy atom. The van der Waals surface area contributed by atoms with Gasteiger partial charge in [-0.2, -0.15) is 0 Å². The molecule has 0 saturated heterocycles. The van der Waals surface area contributed by atoms with Crippen LogP contribution in [0.25, 0.3) is 44.5 Å². The quantitative estimate of drug-likeness (QED) is 0.148. The summed E-state index contributed by atoms with van der Waals surface area (Å²) < 4.78 is 0. The van der Waals surface area contributed by atoms with Crippen LogP contribution >= 0.6 is 0 Å². The van der Waals surface area contributed by atoms with Crippen LogP contribution in [-0.2, 0) is 5.41 Å². The minimum absolute atomic E-state index is 0.00814. The van der Waals surface area contributed by atoms with E-state index in [1.54, 1.807) is 0 Å². The molecule has 0 amide bonds. The summed E-state index contributed by atoms with van der Waals surface area (Å²) in [6.07, 6.45) is 4.74. The average molecular weight is 924 g/mol. The van der Waals surface area contributed by atoms with Crippen molar-refractivity contribution in [3.8, 4) is 44.5 Å². The summed E-state index contributed by atoms with van der Waals surface area (Å²) in [5.41, 5.74) is 24.6. The van der Waals surface area contributed by atoms with Crippen molar-refractivity contribution in [2.24, 2.45) is 0 Å². The van der Waals surface area contributed by atoms with Crippen LogP contribution in [0.15, 0.2) is 243 Å². The van der Waals surface area contributed by atoms with E-state index < -0.39 is 0 Å². The van der Waals surface area contributed by atoms with Crippen LogP contribution in [0.2, 0.25) is 0 Å². The summed E-state index contributed by atoms with van der Waals surface area (Å²) in [6.45, 7) is 5.05.